The first kappa shape index (κ1) is 17.1. The molecule has 23 heavy (non-hydrogen) atoms. The Hall–Kier alpha value is -2.28. The molecular formula is C16H17FN2O3S. The van der Waals surface area contributed by atoms with Gasteiger partial charge in [0.1, 0.15) is 11.5 Å². The maximum Gasteiger partial charge on any atom is 0.333 e. The molecule has 7 heteroatoms. The topological polar surface area (TPSA) is 79.3 Å². The lowest BCUT2D eigenvalue weighted by molar-refractivity contribution is -0.144. The molecule has 1 amide bonds. The second kappa shape index (κ2) is 6.45. The van der Waals surface area contributed by atoms with E-state index in [9.17, 15) is 19.1 Å². The molecule has 1 unspecified atom stereocenters. The zero-order chi connectivity index (χ0) is 17.2. The fraction of sp³-hybridized carbons (Fsp3) is 0.312. The van der Waals surface area contributed by atoms with Crippen LogP contribution < -0.4 is 5.32 Å². The van der Waals surface area contributed by atoms with Gasteiger partial charge in [0.25, 0.3) is 5.91 Å². The second-order valence-corrected chi connectivity index (χ2v) is 6.51. The van der Waals surface area contributed by atoms with Gasteiger partial charge in [-0.2, -0.15) is 0 Å². The van der Waals surface area contributed by atoms with E-state index in [0.717, 1.165) is 17.1 Å². The van der Waals surface area contributed by atoms with Crippen LogP contribution in [-0.4, -0.2) is 22.0 Å². The van der Waals surface area contributed by atoms with Crippen LogP contribution in [0.15, 0.2) is 29.6 Å². The van der Waals surface area contributed by atoms with Crippen molar-refractivity contribution in [2.45, 2.75) is 32.2 Å². The number of carboxylic acid groups (broad SMARTS) is 1. The number of carbonyl (C=O) groups excluding carboxylic acids is 1. The van der Waals surface area contributed by atoms with Gasteiger partial charge in [-0.1, -0.05) is 26.0 Å². The van der Waals surface area contributed by atoms with Gasteiger partial charge < -0.3 is 10.4 Å². The van der Waals surface area contributed by atoms with Crippen LogP contribution in [-0.2, 0) is 10.3 Å². The molecule has 1 atom stereocenters. The minimum Gasteiger partial charge on any atom is -0.479 e. The predicted molar refractivity (Wildman–Crippen MR) is 85.1 cm³/mol. The van der Waals surface area contributed by atoms with Crippen molar-refractivity contribution in [3.05, 3.63) is 51.7 Å². The molecule has 122 valence electrons. The largest absolute Gasteiger partial charge is 0.479 e. The summed E-state index contributed by atoms with van der Waals surface area (Å²) in [5.41, 5.74) is -1.22. The van der Waals surface area contributed by atoms with Crippen LogP contribution in [0, 0.1) is 5.82 Å². The van der Waals surface area contributed by atoms with Gasteiger partial charge in [0, 0.05) is 11.3 Å². The SMILES string of the molecule is CC(C)c1nc(C(=O)NC(C)(C(=O)O)c2ccc(F)cc2)cs1. The van der Waals surface area contributed by atoms with Crippen molar-refractivity contribution in [2.75, 3.05) is 0 Å². The minimum absolute atomic E-state index is 0.174. The van der Waals surface area contributed by atoms with E-state index in [2.05, 4.69) is 10.3 Å². The van der Waals surface area contributed by atoms with Crippen LogP contribution in [0.1, 0.15) is 47.7 Å². The highest BCUT2D eigenvalue weighted by molar-refractivity contribution is 7.09. The summed E-state index contributed by atoms with van der Waals surface area (Å²) in [5, 5.41) is 14.4. The molecular weight excluding hydrogens is 319 g/mol. The number of hydrogen-bond acceptors (Lipinski definition) is 4. The molecule has 0 aliphatic rings. The normalized spacial score (nSPS) is 13.6. The van der Waals surface area contributed by atoms with Crippen molar-refractivity contribution in [1.29, 1.82) is 0 Å². The first-order valence-electron chi connectivity index (χ1n) is 7.01. The van der Waals surface area contributed by atoms with E-state index in [-0.39, 0.29) is 17.2 Å². The first-order valence-corrected chi connectivity index (χ1v) is 7.89. The van der Waals surface area contributed by atoms with Gasteiger partial charge >= 0.3 is 5.97 Å². The average Bonchev–Trinajstić information content (AvgIpc) is 2.97. The first-order chi connectivity index (χ1) is 10.7. The van der Waals surface area contributed by atoms with Gasteiger partial charge in [-0.15, -0.1) is 11.3 Å². The zero-order valence-corrected chi connectivity index (χ0v) is 13.8. The highest BCUT2D eigenvalue weighted by Crippen LogP contribution is 2.24. The summed E-state index contributed by atoms with van der Waals surface area (Å²) in [6.45, 7) is 5.27. The van der Waals surface area contributed by atoms with Crippen molar-refractivity contribution >= 4 is 23.2 Å². The lowest BCUT2D eigenvalue weighted by Gasteiger charge is -2.26. The van der Waals surface area contributed by atoms with Crippen LogP contribution in [0.25, 0.3) is 0 Å². The molecule has 2 rings (SSSR count). The minimum atomic E-state index is -1.67. The van der Waals surface area contributed by atoms with Crippen molar-refractivity contribution in [3.8, 4) is 0 Å². The Labute approximate surface area is 137 Å². The van der Waals surface area contributed by atoms with E-state index in [1.807, 2.05) is 13.8 Å². The third kappa shape index (κ3) is 3.56. The number of hydrogen-bond donors (Lipinski definition) is 2. The van der Waals surface area contributed by atoms with E-state index < -0.39 is 23.2 Å². The van der Waals surface area contributed by atoms with Gasteiger partial charge in [0.05, 0.1) is 5.01 Å². The van der Waals surface area contributed by atoms with E-state index >= 15 is 0 Å². The lowest BCUT2D eigenvalue weighted by Crippen LogP contribution is -2.49. The van der Waals surface area contributed by atoms with Crippen LogP contribution in [0.2, 0.25) is 0 Å². The maximum atomic E-state index is 13.0. The number of carbonyl (C=O) groups is 2. The molecule has 0 radical (unpaired) electrons. The molecule has 0 saturated carbocycles. The molecule has 2 aromatic rings. The van der Waals surface area contributed by atoms with Crippen LogP contribution in [0.4, 0.5) is 4.39 Å². The number of aliphatic carboxylic acids is 1. The summed E-state index contributed by atoms with van der Waals surface area (Å²) < 4.78 is 13.0. The molecule has 0 bridgehead atoms. The number of aromatic nitrogens is 1. The predicted octanol–water partition coefficient (Wildman–Crippen LogP) is 3.14. The fourth-order valence-corrected chi connectivity index (χ4v) is 2.80. The number of rotatable bonds is 5. The molecule has 0 aliphatic carbocycles. The number of thiazole rings is 1. The molecule has 1 heterocycles. The molecule has 5 nitrogen and oxygen atoms in total. The Morgan fingerprint density at radius 1 is 1.30 bits per heavy atom. The van der Waals surface area contributed by atoms with E-state index in [4.69, 9.17) is 0 Å². The van der Waals surface area contributed by atoms with Crippen molar-refractivity contribution < 1.29 is 19.1 Å². The van der Waals surface area contributed by atoms with E-state index in [0.29, 0.717) is 0 Å². The van der Waals surface area contributed by atoms with Gasteiger partial charge in [-0.25, -0.2) is 14.2 Å². The summed E-state index contributed by atoms with van der Waals surface area (Å²) in [4.78, 5) is 28.2. The highest BCUT2D eigenvalue weighted by Gasteiger charge is 2.37. The number of benzene rings is 1. The highest BCUT2D eigenvalue weighted by atomic mass is 32.1. The molecule has 2 N–H and O–H groups in total. The van der Waals surface area contributed by atoms with Gasteiger partial charge in [-0.3, -0.25) is 4.79 Å². The maximum absolute atomic E-state index is 13.0. The number of halogens is 1. The molecule has 0 aliphatic heterocycles. The van der Waals surface area contributed by atoms with Crippen LogP contribution >= 0.6 is 11.3 Å². The molecule has 1 aromatic heterocycles. The molecule has 0 saturated heterocycles. The third-order valence-electron chi connectivity index (χ3n) is 3.46. The Balaban J connectivity index is 2.29. The van der Waals surface area contributed by atoms with E-state index in [1.165, 1.54) is 30.4 Å². The van der Waals surface area contributed by atoms with Crippen molar-refractivity contribution in [3.63, 3.8) is 0 Å². The van der Waals surface area contributed by atoms with Gasteiger partial charge in [0.2, 0.25) is 0 Å². The number of carboxylic acids is 1. The summed E-state index contributed by atoms with van der Waals surface area (Å²) in [5.74, 6) is -2.11. The number of nitrogens with zero attached hydrogens (tertiary/aromatic N) is 1. The van der Waals surface area contributed by atoms with Gasteiger partial charge in [0.15, 0.2) is 5.54 Å². The molecule has 0 fully saturated rings. The standard InChI is InChI=1S/C16H17FN2O3S/c1-9(2)14-18-12(8-23-14)13(20)19-16(3,15(21)22)10-4-6-11(17)7-5-10/h4-9H,1-3H3,(H,19,20)(H,21,22). The summed E-state index contributed by atoms with van der Waals surface area (Å²) in [6, 6.07) is 4.99. The van der Waals surface area contributed by atoms with Crippen molar-refractivity contribution in [2.24, 2.45) is 0 Å². The lowest BCUT2D eigenvalue weighted by atomic mass is 9.92. The van der Waals surface area contributed by atoms with Crippen molar-refractivity contribution in [1.82, 2.24) is 10.3 Å². The molecule has 1 aromatic carbocycles. The summed E-state index contributed by atoms with van der Waals surface area (Å²) in [6.07, 6.45) is 0. The van der Waals surface area contributed by atoms with Crippen LogP contribution in [0.5, 0.6) is 0 Å². The second-order valence-electron chi connectivity index (χ2n) is 5.62. The summed E-state index contributed by atoms with van der Waals surface area (Å²) >= 11 is 1.35. The average molecular weight is 336 g/mol. The summed E-state index contributed by atoms with van der Waals surface area (Å²) in [7, 11) is 0. The zero-order valence-electron chi connectivity index (χ0n) is 13.0. The fourth-order valence-electron chi connectivity index (χ4n) is 1.98. The Morgan fingerprint density at radius 3 is 2.39 bits per heavy atom. The van der Waals surface area contributed by atoms with Crippen LogP contribution in [0.3, 0.4) is 0 Å². The molecule has 0 spiro atoms. The number of amides is 1. The monoisotopic (exact) mass is 336 g/mol. The quantitative estimate of drug-likeness (QED) is 0.879. The van der Waals surface area contributed by atoms with E-state index in [1.54, 1.807) is 5.38 Å². The Morgan fingerprint density at radius 2 is 1.91 bits per heavy atom. The Kier molecular flexibility index (Phi) is 4.79. The number of nitrogens with one attached hydrogen (secondary N) is 1. The third-order valence-corrected chi connectivity index (χ3v) is 4.61. The smallest absolute Gasteiger partial charge is 0.333 e. The van der Waals surface area contributed by atoms with Gasteiger partial charge in [-0.05, 0) is 24.6 Å². The Bertz CT molecular complexity index is 727.